The summed E-state index contributed by atoms with van der Waals surface area (Å²) in [4.78, 5) is 13.6. The fraction of sp³-hybridized carbons (Fsp3) is 0.692. The molecule has 2 heterocycles. The van der Waals surface area contributed by atoms with Gasteiger partial charge in [-0.1, -0.05) is 0 Å². The molecule has 3 atom stereocenters. The van der Waals surface area contributed by atoms with E-state index in [2.05, 4.69) is 5.10 Å². The molecule has 1 aliphatic heterocycles. The lowest BCUT2D eigenvalue weighted by Crippen LogP contribution is -2.42. The Bertz CT molecular complexity index is 423. The molecule has 0 aromatic carbocycles. The number of nitrogens with two attached hydrogens (primary N) is 1. The Morgan fingerprint density at radius 1 is 1.40 bits per heavy atom. The summed E-state index contributed by atoms with van der Waals surface area (Å²) in [6.45, 7) is 1.11. The van der Waals surface area contributed by atoms with Crippen LogP contribution >= 0.6 is 0 Å². The van der Waals surface area contributed by atoms with E-state index in [4.69, 9.17) is 5.73 Å². The van der Waals surface area contributed by atoms with E-state index in [0.717, 1.165) is 0 Å². The van der Waals surface area contributed by atoms with Crippen molar-refractivity contribution in [1.82, 2.24) is 14.7 Å². The van der Waals surface area contributed by atoms with Gasteiger partial charge in [0.1, 0.15) is 0 Å². The van der Waals surface area contributed by atoms with Crippen molar-refractivity contribution < 1.29 is 15.0 Å². The highest BCUT2D eigenvalue weighted by Crippen LogP contribution is 2.12. The van der Waals surface area contributed by atoms with Crippen LogP contribution in [-0.4, -0.2) is 62.1 Å². The monoisotopic (exact) mass is 282 g/mol. The summed E-state index contributed by atoms with van der Waals surface area (Å²) in [7, 11) is 0. The van der Waals surface area contributed by atoms with Crippen LogP contribution in [0.15, 0.2) is 18.5 Å². The number of carbonyl (C=O) groups excluding carboxylic acids is 1. The number of aliphatic hydroxyl groups excluding tert-OH is 2. The summed E-state index contributed by atoms with van der Waals surface area (Å²) in [5.74, 6) is -0.0654. The van der Waals surface area contributed by atoms with Crippen LogP contribution in [0, 0.1) is 0 Å². The zero-order chi connectivity index (χ0) is 14.5. The topological polar surface area (TPSA) is 105 Å². The SMILES string of the molecule is N[C@@H]1C[C@@H](O)CN(C(=O)CCCn2cccn2)C[C@H]1O. The molecule has 112 valence electrons. The third kappa shape index (κ3) is 4.03. The number of carbonyl (C=O) groups is 1. The molecule has 0 saturated carbocycles. The lowest BCUT2D eigenvalue weighted by atomic mass is 10.1. The van der Waals surface area contributed by atoms with E-state index in [9.17, 15) is 15.0 Å². The molecule has 1 fully saturated rings. The summed E-state index contributed by atoms with van der Waals surface area (Å²) >= 11 is 0. The molecule has 1 aromatic rings. The third-order valence-corrected chi connectivity index (χ3v) is 3.57. The molecule has 7 nitrogen and oxygen atoms in total. The van der Waals surface area contributed by atoms with Crippen molar-refractivity contribution >= 4 is 5.91 Å². The third-order valence-electron chi connectivity index (χ3n) is 3.57. The van der Waals surface area contributed by atoms with Crippen molar-refractivity contribution in [3.05, 3.63) is 18.5 Å². The molecule has 0 radical (unpaired) electrons. The van der Waals surface area contributed by atoms with E-state index in [1.54, 1.807) is 10.9 Å². The highest BCUT2D eigenvalue weighted by Gasteiger charge is 2.29. The number of aryl methyl sites for hydroxylation is 1. The highest BCUT2D eigenvalue weighted by molar-refractivity contribution is 5.76. The Labute approximate surface area is 118 Å². The van der Waals surface area contributed by atoms with Crippen molar-refractivity contribution in [3.8, 4) is 0 Å². The number of nitrogens with zero attached hydrogens (tertiary/aromatic N) is 3. The number of β-amino-alcohol motifs (C(OH)–C–C–N with tert-alkyl or cyclic N) is 2. The summed E-state index contributed by atoms with van der Waals surface area (Å²) in [5, 5.41) is 23.7. The maximum Gasteiger partial charge on any atom is 0.222 e. The smallest absolute Gasteiger partial charge is 0.222 e. The van der Waals surface area contributed by atoms with Gasteiger partial charge >= 0.3 is 0 Å². The molecule has 1 aliphatic rings. The normalized spacial score (nSPS) is 27.4. The van der Waals surface area contributed by atoms with Gasteiger partial charge in [0.15, 0.2) is 0 Å². The molecule has 4 N–H and O–H groups in total. The molecule has 0 bridgehead atoms. The minimum Gasteiger partial charge on any atom is -0.391 e. The van der Waals surface area contributed by atoms with Crippen molar-refractivity contribution in [2.24, 2.45) is 5.73 Å². The number of rotatable bonds is 4. The summed E-state index contributed by atoms with van der Waals surface area (Å²) in [6, 6.07) is 1.36. The number of aromatic nitrogens is 2. The Morgan fingerprint density at radius 3 is 2.90 bits per heavy atom. The molecule has 0 aliphatic carbocycles. The van der Waals surface area contributed by atoms with Crippen LogP contribution in [0.1, 0.15) is 19.3 Å². The zero-order valence-corrected chi connectivity index (χ0v) is 11.4. The standard InChI is InChI=1S/C13H22N4O3/c14-11-7-10(18)8-16(9-12(11)19)13(20)3-1-5-17-6-2-4-15-17/h2,4,6,10-12,18-19H,1,3,5,7-9,14H2/t10-,11-,12-/m1/s1. The largest absolute Gasteiger partial charge is 0.391 e. The fourth-order valence-corrected chi connectivity index (χ4v) is 2.42. The van der Waals surface area contributed by atoms with Crippen LogP contribution in [-0.2, 0) is 11.3 Å². The summed E-state index contributed by atoms with van der Waals surface area (Å²) < 4.78 is 1.77. The fourth-order valence-electron chi connectivity index (χ4n) is 2.42. The Kier molecular flexibility index (Phi) is 5.11. The average molecular weight is 282 g/mol. The molecule has 0 unspecified atom stereocenters. The van der Waals surface area contributed by atoms with Crippen LogP contribution < -0.4 is 5.73 Å². The quantitative estimate of drug-likeness (QED) is 0.653. The highest BCUT2D eigenvalue weighted by atomic mass is 16.3. The molecule has 7 heteroatoms. The van der Waals surface area contributed by atoms with Gasteiger partial charge in [0.2, 0.25) is 5.91 Å². The van der Waals surface area contributed by atoms with Crippen molar-refractivity contribution in [3.63, 3.8) is 0 Å². The number of hydrogen-bond donors (Lipinski definition) is 3. The first-order valence-electron chi connectivity index (χ1n) is 6.93. The van der Waals surface area contributed by atoms with Gasteiger partial charge in [-0.15, -0.1) is 0 Å². The van der Waals surface area contributed by atoms with E-state index in [1.807, 2.05) is 12.3 Å². The van der Waals surface area contributed by atoms with Crippen LogP contribution in [0.5, 0.6) is 0 Å². The second kappa shape index (κ2) is 6.83. The number of amides is 1. The molecular formula is C13H22N4O3. The van der Waals surface area contributed by atoms with E-state index in [-0.39, 0.29) is 19.0 Å². The van der Waals surface area contributed by atoms with Crippen LogP contribution in [0.2, 0.25) is 0 Å². The van der Waals surface area contributed by atoms with Crippen LogP contribution in [0.25, 0.3) is 0 Å². The first-order chi connectivity index (χ1) is 9.56. The first kappa shape index (κ1) is 15.0. The van der Waals surface area contributed by atoms with Gasteiger partial charge in [-0.3, -0.25) is 9.48 Å². The minimum absolute atomic E-state index is 0.0654. The van der Waals surface area contributed by atoms with Gasteiger partial charge in [-0.2, -0.15) is 5.10 Å². The molecule has 0 spiro atoms. The van der Waals surface area contributed by atoms with Gasteiger partial charge in [0.05, 0.1) is 12.2 Å². The predicted molar refractivity (Wildman–Crippen MR) is 72.6 cm³/mol. The first-order valence-corrected chi connectivity index (χ1v) is 6.93. The molecular weight excluding hydrogens is 260 g/mol. The van der Waals surface area contributed by atoms with Crippen LogP contribution in [0.4, 0.5) is 0 Å². The second-order valence-electron chi connectivity index (χ2n) is 5.29. The van der Waals surface area contributed by atoms with E-state index in [1.165, 1.54) is 4.90 Å². The van der Waals surface area contributed by atoms with E-state index < -0.39 is 18.2 Å². The van der Waals surface area contributed by atoms with Gasteiger partial charge in [0, 0.05) is 44.5 Å². The second-order valence-corrected chi connectivity index (χ2v) is 5.29. The molecule has 1 saturated heterocycles. The Morgan fingerprint density at radius 2 is 2.20 bits per heavy atom. The maximum atomic E-state index is 12.1. The average Bonchev–Trinajstić information content (AvgIpc) is 2.86. The number of aliphatic hydroxyl groups is 2. The van der Waals surface area contributed by atoms with Gasteiger partial charge in [-0.05, 0) is 18.9 Å². The van der Waals surface area contributed by atoms with Gasteiger partial charge in [-0.25, -0.2) is 0 Å². The Balaban J connectivity index is 1.81. The van der Waals surface area contributed by atoms with E-state index in [0.29, 0.717) is 25.8 Å². The molecule has 20 heavy (non-hydrogen) atoms. The Hall–Kier alpha value is -1.44. The maximum absolute atomic E-state index is 12.1. The summed E-state index contributed by atoms with van der Waals surface area (Å²) in [6.07, 6.45) is 3.47. The van der Waals surface area contributed by atoms with Crippen molar-refractivity contribution in [2.45, 2.75) is 44.1 Å². The number of likely N-dealkylation sites (tertiary alicyclic amines) is 1. The van der Waals surface area contributed by atoms with Crippen molar-refractivity contribution in [1.29, 1.82) is 0 Å². The zero-order valence-electron chi connectivity index (χ0n) is 11.4. The lowest BCUT2D eigenvalue weighted by Gasteiger charge is -2.24. The minimum atomic E-state index is -0.776. The molecule has 1 aromatic heterocycles. The van der Waals surface area contributed by atoms with Gasteiger partial charge < -0.3 is 20.8 Å². The lowest BCUT2D eigenvalue weighted by molar-refractivity contribution is -0.133. The predicted octanol–water partition coefficient (Wildman–Crippen LogP) is -1.06. The van der Waals surface area contributed by atoms with Gasteiger partial charge in [0.25, 0.3) is 0 Å². The number of hydrogen-bond acceptors (Lipinski definition) is 5. The summed E-state index contributed by atoms with van der Waals surface area (Å²) in [5.41, 5.74) is 5.74. The molecule has 1 amide bonds. The molecule has 2 rings (SSSR count). The van der Waals surface area contributed by atoms with E-state index >= 15 is 0 Å². The van der Waals surface area contributed by atoms with Crippen molar-refractivity contribution in [2.75, 3.05) is 13.1 Å². The van der Waals surface area contributed by atoms with Crippen LogP contribution in [0.3, 0.4) is 0 Å².